The fourth-order valence-electron chi connectivity index (χ4n) is 2.16. The molecular weight excluding hydrogens is 274 g/mol. The van der Waals surface area contributed by atoms with E-state index in [0.29, 0.717) is 0 Å². The SMILES string of the molecule is COC(=O)C(C)c1cccc(/C=C2\SCCC2N=O)c1. The second kappa shape index (κ2) is 6.70. The normalized spacial score (nSPS) is 21.7. The standard InChI is InChI=1S/C15H17NO3S/c1-10(15(17)19-2)12-5-3-4-11(8-12)9-14-13(16-18)6-7-20-14/h3-5,8-10,13H,6-7H2,1-2H3/b14-9-. The summed E-state index contributed by atoms with van der Waals surface area (Å²) in [6.07, 6.45) is 2.79. The highest BCUT2D eigenvalue weighted by atomic mass is 32.2. The van der Waals surface area contributed by atoms with Gasteiger partial charge in [-0.2, -0.15) is 4.91 Å². The van der Waals surface area contributed by atoms with Crippen molar-refractivity contribution in [2.75, 3.05) is 12.9 Å². The maximum Gasteiger partial charge on any atom is 0.312 e. The lowest BCUT2D eigenvalue weighted by molar-refractivity contribution is -0.141. The van der Waals surface area contributed by atoms with Crippen LogP contribution >= 0.6 is 11.8 Å². The average molecular weight is 291 g/mol. The number of esters is 1. The number of carbonyl (C=O) groups is 1. The van der Waals surface area contributed by atoms with E-state index in [1.54, 1.807) is 11.8 Å². The van der Waals surface area contributed by atoms with Crippen molar-refractivity contribution < 1.29 is 9.53 Å². The Bertz CT molecular complexity index is 542. The van der Waals surface area contributed by atoms with Gasteiger partial charge in [-0.05, 0) is 30.5 Å². The summed E-state index contributed by atoms with van der Waals surface area (Å²) in [6.45, 7) is 1.82. The second-order valence-electron chi connectivity index (χ2n) is 4.72. The second-order valence-corrected chi connectivity index (χ2v) is 5.89. The Labute approximate surface area is 122 Å². The van der Waals surface area contributed by atoms with E-state index in [1.807, 2.05) is 37.3 Å². The molecule has 0 aliphatic carbocycles. The number of hydrogen-bond donors (Lipinski definition) is 0. The minimum atomic E-state index is -0.297. The van der Waals surface area contributed by atoms with Crippen LogP contribution in [0.15, 0.2) is 34.3 Å². The van der Waals surface area contributed by atoms with Gasteiger partial charge in [-0.3, -0.25) is 4.79 Å². The fraction of sp³-hybridized carbons (Fsp3) is 0.400. The van der Waals surface area contributed by atoms with Gasteiger partial charge >= 0.3 is 5.97 Å². The Morgan fingerprint density at radius 1 is 1.55 bits per heavy atom. The molecule has 4 nitrogen and oxygen atoms in total. The molecule has 1 aliphatic rings. The van der Waals surface area contributed by atoms with Gasteiger partial charge in [0.1, 0.15) is 6.04 Å². The van der Waals surface area contributed by atoms with Crippen LogP contribution in [0.5, 0.6) is 0 Å². The summed E-state index contributed by atoms with van der Waals surface area (Å²) in [7, 11) is 1.39. The summed E-state index contributed by atoms with van der Waals surface area (Å²) < 4.78 is 4.76. The van der Waals surface area contributed by atoms with Crippen LogP contribution in [0.1, 0.15) is 30.4 Å². The third-order valence-corrected chi connectivity index (χ3v) is 4.55. The number of methoxy groups -OCH3 is 1. The number of ether oxygens (including phenoxy) is 1. The van der Waals surface area contributed by atoms with E-state index in [0.717, 1.165) is 28.2 Å². The molecule has 1 aromatic carbocycles. The minimum Gasteiger partial charge on any atom is -0.469 e. The van der Waals surface area contributed by atoms with Crippen LogP contribution in [0.25, 0.3) is 6.08 Å². The van der Waals surface area contributed by atoms with Crippen molar-refractivity contribution in [1.82, 2.24) is 0 Å². The molecule has 106 valence electrons. The van der Waals surface area contributed by atoms with Crippen molar-refractivity contribution in [3.05, 3.63) is 45.2 Å². The summed E-state index contributed by atoms with van der Waals surface area (Å²) in [4.78, 5) is 23.3. The molecule has 0 N–H and O–H groups in total. The van der Waals surface area contributed by atoms with Gasteiger partial charge in [-0.15, -0.1) is 11.8 Å². The third-order valence-electron chi connectivity index (χ3n) is 3.39. The number of benzene rings is 1. The van der Waals surface area contributed by atoms with Gasteiger partial charge in [-0.25, -0.2) is 0 Å². The van der Waals surface area contributed by atoms with Gasteiger partial charge in [0.2, 0.25) is 0 Å². The lowest BCUT2D eigenvalue weighted by Crippen LogP contribution is -2.10. The molecule has 0 radical (unpaired) electrons. The van der Waals surface area contributed by atoms with Gasteiger partial charge in [0, 0.05) is 10.7 Å². The molecule has 0 saturated carbocycles. The lowest BCUT2D eigenvalue weighted by Gasteiger charge is -2.10. The Kier molecular flexibility index (Phi) is 4.95. The maximum absolute atomic E-state index is 11.6. The Morgan fingerprint density at radius 2 is 2.35 bits per heavy atom. The maximum atomic E-state index is 11.6. The largest absolute Gasteiger partial charge is 0.469 e. The summed E-state index contributed by atoms with van der Waals surface area (Å²) in [5.74, 6) is 0.382. The van der Waals surface area contributed by atoms with E-state index in [1.165, 1.54) is 7.11 Å². The highest BCUT2D eigenvalue weighted by molar-refractivity contribution is 8.03. The first kappa shape index (κ1) is 14.8. The summed E-state index contributed by atoms with van der Waals surface area (Å²) >= 11 is 1.67. The van der Waals surface area contributed by atoms with Crippen LogP contribution in [0.2, 0.25) is 0 Å². The zero-order chi connectivity index (χ0) is 14.5. The van der Waals surface area contributed by atoms with E-state index < -0.39 is 0 Å². The molecule has 1 fully saturated rings. The highest BCUT2D eigenvalue weighted by Crippen LogP contribution is 2.34. The van der Waals surface area contributed by atoms with Gasteiger partial charge in [0.25, 0.3) is 0 Å². The van der Waals surface area contributed by atoms with Crippen molar-refractivity contribution in [2.24, 2.45) is 5.18 Å². The van der Waals surface area contributed by atoms with Gasteiger partial charge in [-0.1, -0.05) is 29.4 Å². The molecule has 0 bridgehead atoms. The van der Waals surface area contributed by atoms with E-state index in [2.05, 4.69) is 5.18 Å². The molecule has 1 saturated heterocycles. The number of nitrogens with zero attached hydrogens (tertiary/aromatic N) is 1. The number of carbonyl (C=O) groups excluding carboxylic acids is 1. The van der Waals surface area contributed by atoms with Gasteiger partial charge < -0.3 is 4.74 Å². The molecule has 5 heteroatoms. The van der Waals surface area contributed by atoms with Crippen molar-refractivity contribution in [1.29, 1.82) is 0 Å². The Morgan fingerprint density at radius 3 is 3.05 bits per heavy atom. The zero-order valence-corrected chi connectivity index (χ0v) is 12.4. The van der Waals surface area contributed by atoms with Crippen LogP contribution in [-0.4, -0.2) is 24.9 Å². The van der Waals surface area contributed by atoms with E-state index in [4.69, 9.17) is 4.74 Å². The number of thioether (sulfide) groups is 1. The Balaban J connectivity index is 2.24. The van der Waals surface area contributed by atoms with Crippen LogP contribution in [-0.2, 0) is 9.53 Å². The quantitative estimate of drug-likeness (QED) is 0.628. The fourth-order valence-corrected chi connectivity index (χ4v) is 3.31. The number of rotatable bonds is 4. The Hall–Kier alpha value is -1.62. The van der Waals surface area contributed by atoms with Crippen molar-refractivity contribution in [3.63, 3.8) is 0 Å². The molecule has 1 aliphatic heterocycles. The molecule has 0 spiro atoms. The molecule has 2 rings (SSSR count). The highest BCUT2D eigenvalue weighted by Gasteiger charge is 2.22. The first-order chi connectivity index (χ1) is 9.65. The van der Waals surface area contributed by atoms with Crippen LogP contribution in [0.4, 0.5) is 0 Å². The third kappa shape index (κ3) is 3.28. The first-order valence-electron chi connectivity index (χ1n) is 6.50. The molecule has 1 aromatic rings. The van der Waals surface area contributed by atoms with Crippen molar-refractivity contribution >= 4 is 23.8 Å². The van der Waals surface area contributed by atoms with Gasteiger partial charge in [0.15, 0.2) is 0 Å². The minimum absolute atomic E-state index is 0.221. The summed E-state index contributed by atoms with van der Waals surface area (Å²) in [6, 6.07) is 7.50. The van der Waals surface area contributed by atoms with Crippen LogP contribution in [0.3, 0.4) is 0 Å². The molecular formula is C15H17NO3S. The zero-order valence-electron chi connectivity index (χ0n) is 11.5. The van der Waals surface area contributed by atoms with E-state index >= 15 is 0 Å². The summed E-state index contributed by atoms with van der Waals surface area (Å²) in [5.41, 5.74) is 1.89. The van der Waals surface area contributed by atoms with Gasteiger partial charge in [0.05, 0.1) is 13.0 Å². The average Bonchev–Trinajstić information content (AvgIpc) is 2.93. The number of hydrogen-bond acceptors (Lipinski definition) is 5. The molecule has 0 aromatic heterocycles. The molecule has 20 heavy (non-hydrogen) atoms. The van der Waals surface area contributed by atoms with E-state index in [-0.39, 0.29) is 17.9 Å². The monoisotopic (exact) mass is 291 g/mol. The molecule has 2 atom stereocenters. The predicted octanol–water partition coefficient (Wildman–Crippen LogP) is 3.58. The topological polar surface area (TPSA) is 55.7 Å². The molecule has 0 amide bonds. The van der Waals surface area contributed by atoms with Crippen LogP contribution in [0, 0.1) is 4.91 Å². The lowest BCUT2D eigenvalue weighted by atomic mass is 9.99. The van der Waals surface area contributed by atoms with E-state index in [9.17, 15) is 9.70 Å². The predicted molar refractivity (Wildman–Crippen MR) is 81.5 cm³/mol. The first-order valence-corrected chi connectivity index (χ1v) is 7.49. The smallest absolute Gasteiger partial charge is 0.312 e. The molecule has 1 heterocycles. The number of nitroso groups, excluding NO2 is 1. The van der Waals surface area contributed by atoms with Crippen molar-refractivity contribution in [2.45, 2.75) is 25.3 Å². The van der Waals surface area contributed by atoms with Crippen LogP contribution < -0.4 is 0 Å². The summed E-state index contributed by atoms with van der Waals surface area (Å²) in [5, 5.41) is 3.15. The van der Waals surface area contributed by atoms with Crippen molar-refractivity contribution in [3.8, 4) is 0 Å². The molecule has 2 unspecified atom stereocenters.